The number of amides is 1. The molecule has 2 aromatic heterocycles. The number of hydrogen-bond donors (Lipinski definition) is 1. The number of carbonyl (C=O) groups excluding carboxylic acids is 1. The van der Waals surface area contributed by atoms with E-state index in [1.54, 1.807) is 35.9 Å². The molecule has 140 valence electrons. The predicted molar refractivity (Wildman–Crippen MR) is 104 cm³/mol. The number of rotatable bonds is 5. The quantitative estimate of drug-likeness (QED) is 0.293. The molecule has 1 N–H and O–H groups in total. The summed E-state index contributed by atoms with van der Waals surface area (Å²) < 4.78 is 1.60. The van der Waals surface area contributed by atoms with Gasteiger partial charge in [-0.25, -0.2) is 0 Å². The van der Waals surface area contributed by atoms with Crippen molar-refractivity contribution in [3.05, 3.63) is 67.9 Å². The summed E-state index contributed by atoms with van der Waals surface area (Å²) in [6.45, 7) is 1.74. The van der Waals surface area contributed by atoms with E-state index in [9.17, 15) is 20.2 Å². The lowest BCUT2D eigenvalue weighted by Crippen LogP contribution is -2.13. The fourth-order valence-corrected chi connectivity index (χ4v) is 3.12. The first-order valence-corrected chi connectivity index (χ1v) is 8.93. The fraction of sp³-hybridized carbons (Fsp3) is 0.0588. The van der Waals surface area contributed by atoms with Crippen LogP contribution in [-0.4, -0.2) is 25.6 Å². The second kappa shape index (κ2) is 7.99. The van der Waals surface area contributed by atoms with E-state index >= 15 is 0 Å². The summed E-state index contributed by atoms with van der Waals surface area (Å²) in [7, 11) is 0. The Morgan fingerprint density at radius 2 is 2.21 bits per heavy atom. The highest BCUT2D eigenvalue weighted by Gasteiger charge is 2.16. The molecule has 9 nitrogen and oxygen atoms in total. The molecule has 0 unspecified atom stereocenters. The second-order valence-electron chi connectivity index (χ2n) is 5.45. The molecule has 3 rings (SSSR count). The van der Waals surface area contributed by atoms with Gasteiger partial charge in [0.1, 0.15) is 21.7 Å². The van der Waals surface area contributed by atoms with E-state index in [1.807, 2.05) is 6.07 Å². The van der Waals surface area contributed by atoms with Crippen molar-refractivity contribution >= 4 is 45.7 Å². The largest absolute Gasteiger partial charge is 0.317 e. The number of anilines is 1. The number of halogens is 1. The topological polar surface area (TPSA) is 127 Å². The van der Waals surface area contributed by atoms with Gasteiger partial charge in [-0.2, -0.15) is 5.26 Å². The summed E-state index contributed by atoms with van der Waals surface area (Å²) in [4.78, 5) is 22.9. The molecule has 3 aromatic rings. The molecule has 0 aliphatic rings. The highest BCUT2D eigenvalue weighted by molar-refractivity contribution is 7.15. The van der Waals surface area contributed by atoms with Crippen LogP contribution in [0.5, 0.6) is 0 Å². The summed E-state index contributed by atoms with van der Waals surface area (Å²) in [5.41, 5.74) is 0.547. The molecule has 0 saturated carbocycles. The van der Waals surface area contributed by atoms with Crippen molar-refractivity contribution in [3.8, 4) is 11.8 Å². The zero-order valence-electron chi connectivity index (χ0n) is 14.3. The summed E-state index contributed by atoms with van der Waals surface area (Å²) in [6.07, 6.45) is 3.03. The number of nitrogens with one attached hydrogen (secondary N) is 1. The van der Waals surface area contributed by atoms with Crippen LogP contribution in [0.2, 0.25) is 5.02 Å². The zero-order valence-corrected chi connectivity index (χ0v) is 15.9. The third kappa shape index (κ3) is 4.06. The van der Waals surface area contributed by atoms with Gasteiger partial charge in [0.15, 0.2) is 0 Å². The minimum Gasteiger partial charge on any atom is -0.317 e. The van der Waals surface area contributed by atoms with E-state index < -0.39 is 10.8 Å². The number of nitro benzene ring substituents is 1. The van der Waals surface area contributed by atoms with Crippen LogP contribution >= 0.6 is 22.9 Å². The third-order valence-electron chi connectivity index (χ3n) is 3.59. The van der Waals surface area contributed by atoms with Gasteiger partial charge in [-0.15, -0.1) is 10.2 Å². The number of hydrogen-bond acceptors (Lipinski definition) is 7. The van der Waals surface area contributed by atoms with E-state index in [0.29, 0.717) is 16.4 Å². The average molecular weight is 415 g/mol. The maximum Gasteiger partial charge on any atom is 0.289 e. The van der Waals surface area contributed by atoms with Gasteiger partial charge in [0.25, 0.3) is 11.6 Å². The van der Waals surface area contributed by atoms with Crippen molar-refractivity contribution in [1.82, 2.24) is 14.8 Å². The smallest absolute Gasteiger partial charge is 0.289 e. The lowest BCUT2D eigenvalue weighted by atomic mass is 10.2. The van der Waals surface area contributed by atoms with Gasteiger partial charge in [-0.05, 0) is 37.3 Å². The second-order valence-corrected chi connectivity index (χ2v) is 7.03. The van der Waals surface area contributed by atoms with Crippen molar-refractivity contribution in [3.63, 3.8) is 0 Å². The van der Waals surface area contributed by atoms with Gasteiger partial charge in [-0.3, -0.25) is 20.2 Å². The van der Waals surface area contributed by atoms with Crippen molar-refractivity contribution in [2.45, 2.75) is 6.92 Å². The number of carbonyl (C=O) groups is 1. The Morgan fingerprint density at radius 1 is 1.43 bits per heavy atom. The van der Waals surface area contributed by atoms with Crippen molar-refractivity contribution < 1.29 is 9.72 Å². The van der Waals surface area contributed by atoms with Gasteiger partial charge in [0.05, 0.1) is 10.6 Å². The van der Waals surface area contributed by atoms with Crippen LogP contribution in [0.1, 0.15) is 10.7 Å². The molecule has 11 heteroatoms. The molecule has 28 heavy (non-hydrogen) atoms. The highest BCUT2D eigenvalue weighted by Crippen LogP contribution is 2.28. The molecule has 0 fully saturated rings. The molecule has 1 amide bonds. The Balaban J connectivity index is 1.94. The minimum atomic E-state index is -0.631. The van der Waals surface area contributed by atoms with Crippen LogP contribution in [0, 0.1) is 28.4 Å². The summed E-state index contributed by atoms with van der Waals surface area (Å²) in [5, 5.41) is 31.6. The van der Waals surface area contributed by atoms with Crippen LogP contribution in [0.15, 0.2) is 42.1 Å². The molecule has 1 aromatic carbocycles. The molecule has 0 spiro atoms. The molecule has 0 aliphatic carbocycles. The molecule has 0 saturated heterocycles. The van der Waals surface area contributed by atoms with Crippen molar-refractivity contribution in [2.75, 3.05) is 5.32 Å². The number of nitriles is 1. The summed E-state index contributed by atoms with van der Waals surface area (Å²) in [6, 6.07) is 9.53. The van der Waals surface area contributed by atoms with E-state index in [2.05, 4.69) is 15.5 Å². The Morgan fingerprint density at radius 3 is 2.86 bits per heavy atom. The average Bonchev–Trinajstić information content (AvgIpc) is 3.28. The van der Waals surface area contributed by atoms with Crippen LogP contribution in [-0.2, 0) is 4.79 Å². The van der Waals surface area contributed by atoms with Gasteiger partial charge in [0, 0.05) is 18.0 Å². The van der Waals surface area contributed by atoms with E-state index in [0.717, 1.165) is 0 Å². The number of aryl methyl sites for hydroxylation is 1. The Kier molecular flexibility index (Phi) is 5.49. The molecule has 0 bridgehead atoms. The molecular formula is C17H11ClN6O3S. The van der Waals surface area contributed by atoms with Crippen LogP contribution in [0.3, 0.4) is 0 Å². The van der Waals surface area contributed by atoms with Gasteiger partial charge >= 0.3 is 0 Å². The third-order valence-corrected chi connectivity index (χ3v) is 4.66. The van der Waals surface area contributed by atoms with Crippen LogP contribution in [0.25, 0.3) is 11.8 Å². The number of nitrogens with zero attached hydrogens (tertiary/aromatic N) is 5. The van der Waals surface area contributed by atoms with Crippen LogP contribution < -0.4 is 5.32 Å². The lowest BCUT2D eigenvalue weighted by Gasteiger charge is -2.08. The van der Waals surface area contributed by atoms with E-state index in [4.69, 9.17) is 11.6 Å². The molecule has 0 radical (unpaired) electrons. The van der Waals surface area contributed by atoms with Gasteiger partial charge in [-0.1, -0.05) is 22.9 Å². The number of aromatic nitrogens is 3. The predicted octanol–water partition coefficient (Wildman–Crippen LogP) is 3.74. The standard InChI is InChI=1S/C17H11ClN6O3S/c1-10-21-22-17(28-10)20-16(25)11(9-19)7-12-3-2-6-23(12)13-4-5-14(18)15(8-13)24(26)27/h2-8H,1H3,(H,20,22,25)/b11-7-. The number of nitro groups is 1. The zero-order chi connectivity index (χ0) is 20.3. The van der Waals surface area contributed by atoms with Gasteiger partial charge in [0.2, 0.25) is 5.13 Å². The molecular weight excluding hydrogens is 404 g/mol. The maximum atomic E-state index is 12.3. The Bertz CT molecular complexity index is 1140. The molecule has 2 heterocycles. The monoisotopic (exact) mass is 414 g/mol. The lowest BCUT2D eigenvalue weighted by molar-refractivity contribution is -0.384. The Hall–Kier alpha value is -3.55. The first-order chi connectivity index (χ1) is 13.4. The highest BCUT2D eigenvalue weighted by atomic mass is 35.5. The van der Waals surface area contributed by atoms with Crippen molar-refractivity contribution in [1.29, 1.82) is 5.26 Å². The molecule has 0 aliphatic heterocycles. The summed E-state index contributed by atoms with van der Waals surface area (Å²) in [5.74, 6) is -0.631. The minimum absolute atomic E-state index is 0.0161. The Labute approximate surface area is 167 Å². The molecule has 0 atom stereocenters. The van der Waals surface area contributed by atoms with Gasteiger partial charge < -0.3 is 4.57 Å². The van der Waals surface area contributed by atoms with Crippen LogP contribution in [0.4, 0.5) is 10.8 Å². The number of benzene rings is 1. The SMILES string of the molecule is Cc1nnc(NC(=O)/C(C#N)=C\c2cccn2-c2ccc(Cl)c([N+](=O)[O-])c2)s1. The van der Waals surface area contributed by atoms with Crippen molar-refractivity contribution in [2.24, 2.45) is 0 Å². The van der Waals surface area contributed by atoms with E-state index in [1.165, 1.54) is 29.5 Å². The first kappa shape index (κ1) is 19.2. The van der Waals surface area contributed by atoms with E-state index in [-0.39, 0.29) is 21.4 Å². The first-order valence-electron chi connectivity index (χ1n) is 7.74. The fourth-order valence-electron chi connectivity index (χ4n) is 2.35. The summed E-state index contributed by atoms with van der Waals surface area (Å²) >= 11 is 7.04. The normalized spacial score (nSPS) is 11.1. The maximum absolute atomic E-state index is 12.3.